The maximum atomic E-state index is 11.3. The molecule has 2 N–H and O–H groups in total. The van der Waals surface area contributed by atoms with Gasteiger partial charge in [0.25, 0.3) is 5.91 Å². The van der Waals surface area contributed by atoms with Crippen LogP contribution >= 0.6 is 11.5 Å². The fourth-order valence-electron chi connectivity index (χ4n) is 0.816. The Balaban J connectivity index is 2.28. The van der Waals surface area contributed by atoms with Gasteiger partial charge < -0.3 is 15.2 Å². The van der Waals surface area contributed by atoms with Crippen LogP contribution in [0.1, 0.15) is 10.5 Å². The third kappa shape index (κ3) is 3.36. The molecule has 1 atom stereocenters. The van der Waals surface area contributed by atoms with Gasteiger partial charge in [0.1, 0.15) is 0 Å². The summed E-state index contributed by atoms with van der Waals surface area (Å²) >= 11 is 1.10. The Labute approximate surface area is 85.1 Å². The number of amides is 1. The average molecular weight is 217 g/mol. The smallest absolute Gasteiger partial charge is 0.272 e. The average Bonchev–Trinajstić information content (AvgIpc) is 2.67. The van der Waals surface area contributed by atoms with E-state index in [0.717, 1.165) is 11.5 Å². The summed E-state index contributed by atoms with van der Waals surface area (Å²) in [6.45, 7) is 0.333. The van der Waals surface area contributed by atoms with Crippen LogP contribution < -0.4 is 5.32 Å². The van der Waals surface area contributed by atoms with Crippen LogP contribution in [0.3, 0.4) is 0 Å². The number of hydrogen-bond donors (Lipinski definition) is 2. The van der Waals surface area contributed by atoms with Crippen LogP contribution in [0.15, 0.2) is 5.38 Å². The first-order valence-electron chi connectivity index (χ1n) is 3.96. The molecule has 1 rings (SSSR count). The molecule has 1 unspecified atom stereocenters. The van der Waals surface area contributed by atoms with E-state index >= 15 is 0 Å². The Morgan fingerprint density at radius 3 is 3.21 bits per heavy atom. The molecule has 1 aromatic rings. The highest BCUT2D eigenvalue weighted by Gasteiger charge is 2.10. The van der Waals surface area contributed by atoms with Gasteiger partial charge in [-0.25, -0.2) is 0 Å². The van der Waals surface area contributed by atoms with E-state index in [1.54, 1.807) is 0 Å². The zero-order valence-corrected chi connectivity index (χ0v) is 8.45. The number of carbonyl (C=O) groups is 1. The van der Waals surface area contributed by atoms with E-state index in [0.29, 0.717) is 0 Å². The summed E-state index contributed by atoms with van der Waals surface area (Å²) in [6.07, 6.45) is -0.699. The summed E-state index contributed by atoms with van der Waals surface area (Å²) < 4.78 is 8.25. The van der Waals surface area contributed by atoms with Crippen LogP contribution in [0, 0.1) is 0 Å². The van der Waals surface area contributed by atoms with Crippen LogP contribution in [0.4, 0.5) is 0 Å². The fourth-order valence-corrected chi connectivity index (χ4v) is 1.25. The second-order valence-corrected chi connectivity index (χ2v) is 3.22. The monoisotopic (exact) mass is 217 g/mol. The number of hydrogen-bond acceptors (Lipinski definition) is 6. The van der Waals surface area contributed by atoms with E-state index in [2.05, 4.69) is 14.9 Å². The molecule has 0 radical (unpaired) electrons. The normalized spacial score (nSPS) is 12.4. The second kappa shape index (κ2) is 5.63. The third-order valence-electron chi connectivity index (χ3n) is 1.45. The number of ether oxygens (including phenoxy) is 1. The van der Waals surface area contributed by atoms with Gasteiger partial charge in [0.15, 0.2) is 5.69 Å². The summed E-state index contributed by atoms with van der Waals surface area (Å²) in [5.41, 5.74) is 0.264. The van der Waals surface area contributed by atoms with Gasteiger partial charge in [0, 0.05) is 19.0 Å². The molecule has 0 saturated carbocycles. The summed E-state index contributed by atoms with van der Waals surface area (Å²) in [7, 11) is 1.48. The molecule has 78 valence electrons. The number of aliphatic hydroxyl groups is 1. The lowest BCUT2D eigenvalue weighted by Crippen LogP contribution is -2.34. The van der Waals surface area contributed by atoms with Gasteiger partial charge in [0.05, 0.1) is 12.7 Å². The van der Waals surface area contributed by atoms with Crippen molar-refractivity contribution in [1.82, 2.24) is 14.9 Å². The van der Waals surface area contributed by atoms with E-state index in [1.807, 2.05) is 0 Å². The van der Waals surface area contributed by atoms with Gasteiger partial charge in [-0.1, -0.05) is 4.49 Å². The van der Waals surface area contributed by atoms with Crippen LogP contribution in [-0.4, -0.2) is 47.0 Å². The van der Waals surface area contributed by atoms with Crippen molar-refractivity contribution in [3.05, 3.63) is 11.1 Å². The van der Waals surface area contributed by atoms with Gasteiger partial charge in [-0.2, -0.15) is 0 Å². The summed E-state index contributed by atoms with van der Waals surface area (Å²) in [5.74, 6) is -0.339. The Kier molecular flexibility index (Phi) is 4.44. The molecule has 1 heterocycles. The SMILES string of the molecule is COCC(O)CNC(=O)c1csnn1. The molecular formula is C7H11N3O3S. The van der Waals surface area contributed by atoms with Crippen LogP contribution in [-0.2, 0) is 4.74 Å². The van der Waals surface area contributed by atoms with Crippen molar-refractivity contribution in [3.8, 4) is 0 Å². The van der Waals surface area contributed by atoms with Gasteiger partial charge in [-0.3, -0.25) is 4.79 Å². The van der Waals surface area contributed by atoms with E-state index in [-0.39, 0.29) is 24.8 Å². The predicted octanol–water partition coefficient (Wildman–Crippen LogP) is -0.725. The number of methoxy groups -OCH3 is 1. The first-order valence-corrected chi connectivity index (χ1v) is 4.80. The van der Waals surface area contributed by atoms with E-state index < -0.39 is 6.10 Å². The van der Waals surface area contributed by atoms with Crippen molar-refractivity contribution in [2.24, 2.45) is 0 Å². The minimum atomic E-state index is -0.699. The first kappa shape index (κ1) is 11.0. The molecule has 0 bridgehead atoms. The maximum absolute atomic E-state index is 11.3. The lowest BCUT2D eigenvalue weighted by molar-refractivity contribution is 0.0608. The topological polar surface area (TPSA) is 84.3 Å². The van der Waals surface area contributed by atoms with Crippen molar-refractivity contribution >= 4 is 17.4 Å². The molecule has 0 spiro atoms. The van der Waals surface area contributed by atoms with Crippen LogP contribution in [0.5, 0.6) is 0 Å². The fraction of sp³-hybridized carbons (Fsp3) is 0.571. The Morgan fingerprint density at radius 1 is 1.86 bits per heavy atom. The number of aromatic nitrogens is 2. The molecule has 14 heavy (non-hydrogen) atoms. The maximum Gasteiger partial charge on any atom is 0.272 e. The Bertz CT molecular complexity index is 278. The lowest BCUT2D eigenvalue weighted by atomic mass is 10.3. The van der Waals surface area contributed by atoms with E-state index in [4.69, 9.17) is 4.74 Å². The highest BCUT2D eigenvalue weighted by Crippen LogP contribution is 1.96. The van der Waals surface area contributed by atoms with Crippen LogP contribution in [0.2, 0.25) is 0 Å². The van der Waals surface area contributed by atoms with Crippen molar-refractivity contribution in [3.63, 3.8) is 0 Å². The molecule has 0 aliphatic rings. The van der Waals surface area contributed by atoms with Gasteiger partial charge in [0.2, 0.25) is 0 Å². The highest BCUT2D eigenvalue weighted by molar-refractivity contribution is 7.03. The third-order valence-corrected chi connectivity index (χ3v) is 1.95. The summed E-state index contributed by atoms with van der Waals surface area (Å²) in [5, 5.41) is 16.9. The molecule has 0 aliphatic carbocycles. The molecule has 0 aromatic carbocycles. The van der Waals surface area contributed by atoms with Gasteiger partial charge >= 0.3 is 0 Å². The van der Waals surface area contributed by atoms with Crippen molar-refractivity contribution in [1.29, 1.82) is 0 Å². The first-order chi connectivity index (χ1) is 6.74. The Morgan fingerprint density at radius 2 is 2.64 bits per heavy atom. The van der Waals surface area contributed by atoms with Crippen molar-refractivity contribution < 1.29 is 14.6 Å². The molecule has 0 fully saturated rings. The molecule has 1 amide bonds. The highest BCUT2D eigenvalue weighted by atomic mass is 32.1. The van der Waals surface area contributed by atoms with Crippen molar-refractivity contribution in [2.75, 3.05) is 20.3 Å². The number of nitrogens with zero attached hydrogens (tertiary/aromatic N) is 2. The standard InChI is InChI=1S/C7H11N3O3S/c1-13-3-5(11)2-8-7(12)6-4-14-10-9-6/h4-5,11H,2-3H2,1H3,(H,8,12). The number of rotatable bonds is 5. The molecule has 0 aliphatic heterocycles. The molecular weight excluding hydrogens is 206 g/mol. The molecule has 7 heteroatoms. The van der Waals surface area contributed by atoms with Crippen molar-refractivity contribution in [2.45, 2.75) is 6.10 Å². The van der Waals surface area contributed by atoms with Crippen LogP contribution in [0.25, 0.3) is 0 Å². The predicted molar refractivity (Wildman–Crippen MR) is 50.1 cm³/mol. The van der Waals surface area contributed by atoms with Gasteiger partial charge in [-0.15, -0.1) is 5.10 Å². The quantitative estimate of drug-likeness (QED) is 0.679. The van der Waals surface area contributed by atoms with E-state index in [9.17, 15) is 9.90 Å². The van der Waals surface area contributed by atoms with E-state index in [1.165, 1.54) is 12.5 Å². The van der Waals surface area contributed by atoms with Gasteiger partial charge in [-0.05, 0) is 11.5 Å². The number of carbonyl (C=O) groups excluding carboxylic acids is 1. The number of aliphatic hydroxyl groups excluding tert-OH is 1. The lowest BCUT2D eigenvalue weighted by Gasteiger charge is -2.09. The minimum absolute atomic E-state index is 0.143. The minimum Gasteiger partial charge on any atom is -0.389 e. The molecule has 0 saturated heterocycles. The second-order valence-electron chi connectivity index (χ2n) is 2.61. The zero-order valence-electron chi connectivity index (χ0n) is 7.64. The molecule has 1 aromatic heterocycles. The summed E-state index contributed by atoms with van der Waals surface area (Å²) in [6, 6.07) is 0. The number of nitrogens with one attached hydrogen (secondary N) is 1. The molecule has 6 nitrogen and oxygen atoms in total. The summed E-state index contributed by atoms with van der Waals surface area (Å²) in [4.78, 5) is 11.3. The zero-order chi connectivity index (χ0) is 10.4. The Hall–Kier alpha value is -1.05. The largest absolute Gasteiger partial charge is 0.389 e.